The molecule has 0 aromatic rings. The van der Waals surface area contributed by atoms with Crippen LogP contribution in [0.15, 0.2) is 97.2 Å². The number of hydrogen-bond donors (Lipinski definition) is 0. The van der Waals surface area contributed by atoms with Crippen LogP contribution in [0.4, 0.5) is 0 Å². The third-order valence-electron chi connectivity index (χ3n) is 13.8. The first kappa shape index (κ1) is 72.3. The molecule has 1 atom stereocenters. The number of allylic oxidation sites excluding steroid dienone is 16. The molecule has 0 aliphatic heterocycles. The van der Waals surface area contributed by atoms with Crippen molar-refractivity contribution in [2.75, 3.05) is 13.2 Å². The van der Waals surface area contributed by atoms with Crippen LogP contribution in [0.25, 0.3) is 0 Å². The lowest BCUT2D eigenvalue weighted by atomic mass is 10.0. The molecule has 436 valence electrons. The summed E-state index contributed by atoms with van der Waals surface area (Å²) in [5, 5.41) is 0. The molecular weight excluding hydrogens is 937 g/mol. The van der Waals surface area contributed by atoms with Gasteiger partial charge < -0.3 is 14.2 Å². The van der Waals surface area contributed by atoms with Crippen LogP contribution in [-0.2, 0) is 28.6 Å². The monoisotopic (exact) mass is 1060 g/mol. The molecule has 76 heavy (non-hydrogen) atoms. The second-order valence-corrected chi connectivity index (χ2v) is 21.3. The Balaban J connectivity index is 4.25. The van der Waals surface area contributed by atoms with Crippen molar-refractivity contribution < 1.29 is 28.6 Å². The van der Waals surface area contributed by atoms with Crippen LogP contribution in [0.1, 0.15) is 310 Å². The van der Waals surface area contributed by atoms with Gasteiger partial charge in [0.2, 0.25) is 0 Å². The minimum Gasteiger partial charge on any atom is -0.462 e. The van der Waals surface area contributed by atoms with Gasteiger partial charge in [-0.3, -0.25) is 14.4 Å². The molecule has 1 unspecified atom stereocenters. The maximum Gasteiger partial charge on any atom is 0.306 e. The standard InChI is InChI=1S/C70H120O6/c1-4-7-10-13-16-19-22-25-27-29-30-31-32-33-34-35-36-37-38-39-40-42-43-45-48-51-54-57-60-63-69(72)75-66-67(65-74-68(71)62-59-56-53-50-47-24-21-18-15-12-9-6-3)76-70(73)64-61-58-55-52-49-46-44-41-28-26-23-20-17-14-11-8-5-2/h8,11,17-18,20-22,25-26,28-30,32-33,44,46,67H,4-7,9-10,12-16,19,23-24,27,31,34-43,45,47-66H2,1-3H3/b11-8-,20-17-,21-18-,25-22-,28-26-,30-29-,33-32-,46-44-. The summed E-state index contributed by atoms with van der Waals surface area (Å²) >= 11 is 0. The molecule has 0 rings (SSSR count). The molecule has 0 aliphatic carbocycles. The van der Waals surface area contributed by atoms with Gasteiger partial charge in [-0.2, -0.15) is 0 Å². The third kappa shape index (κ3) is 61.2. The van der Waals surface area contributed by atoms with Gasteiger partial charge in [0.25, 0.3) is 0 Å². The van der Waals surface area contributed by atoms with E-state index in [0.717, 1.165) is 116 Å². The highest BCUT2D eigenvalue weighted by Gasteiger charge is 2.19. The van der Waals surface area contributed by atoms with Gasteiger partial charge in [0.1, 0.15) is 13.2 Å². The number of hydrogen-bond acceptors (Lipinski definition) is 6. The molecule has 0 saturated carbocycles. The van der Waals surface area contributed by atoms with E-state index >= 15 is 0 Å². The maximum atomic E-state index is 12.9. The van der Waals surface area contributed by atoms with Gasteiger partial charge in [-0.25, -0.2) is 0 Å². The molecule has 6 heteroatoms. The van der Waals surface area contributed by atoms with E-state index in [4.69, 9.17) is 14.2 Å². The smallest absolute Gasteiger partial charge is 0.306 e. The van der Waals surface area contributed by atoms with Crippen LogP contribution in [-0.4, -0.2) is 37.2 Å². The highest BCUT2D eigenvalue weighted by Crippen LogP contribution is 2.16. The second kappa shape index (κ2) is 63.9. The molecule has 0 aromatic carbocycles. The molecule has 0 fully saturated rings. The van der Waals surface area contributed by atoms with E-state index in [9.17, 15) is 14.4 Å². The summed E-state index contributed by atoms with van der Waals surface area (Å²) in [5.41, 5.74) is 0. The number of ether oxygens (including phenoxy) is 3. The van der Waals surface area contributed by atoms with E-state index in [1.54, 1.807) is 0 Å². The SMILES string of the molecule is CC/C=C\C/C=C\C/C=C\C/C=C\CCCCCCC(=O)OC(COC(=O)CCCCCCC/C=C\CCCCC)COC(=O)CCCCCCCCCCCCCCCC/C=C\C/C=C\C/C=C\CCCCCCC. The number of unbranched alkanes of at least 4 members (excludes halogenated alkanes) is 31. The van der Waals surface area contributed by atoms with Crippen LogP contribution < -0.4 is 0 Å². The molecular formula is C70H120O6. The van der Waals surface area contributed by atoms with Crippen molar-refractivity contribution in [1.82, 2.24) is 0 Å². The summed E-state index contributed by atoms with van der Waals surface area (Å²) in [6.07, 6.45) is 85.6. The third-order valence-corrected chi connectivity index (χ3v) is 13.8. The fourth-order valence-electron chi connectivity index (χ4n) is 8.97. The van der Waals surface area contributed by atoms with Gasteiger partial charge >= 0.3 is 17.9 Å². The number of carbonyl (C=O) groups excluding carboxylic acids is 3. The van der Waals surface area contributed by atoms with Crippen LogP contribution in [0.2, 0.25) is 0 Å². The van der Waals surface area contributed by atoms with Crippen molar-refractivity contribution in [3.05, 3.63) is 97.2 Å². The van der Waals surface area contributed by atoms with Crippen LogP contribution >= 0.6 is 0 Å². The minimum absolute atomic E-state index is 0.0896. The van der Waals surface area contributed by atoms with Crippen molar-refractivity contribution in [3.63, 3.8) is 0 Å². The zero-order chi connectivity index (χ0) is 55.0. The topological polar surface area (TPSA) is 78.9 Å². The van der Waals surface area contributed by atoms with E-state index < -0.39 is 6.10 Å². The second-order valence-electron chi connectivity index (χ2n) is 21.3. The highest BCUT2D eigenvalue weighted by molar-refractivity contribution is 5.71. The predicted molar refractivity (Wildman–Crippen MR) is 330 cm³/mol. The summed E-state index contributed by atoms with van der Waals surface area (Å²) in [4.78, 5) is 38.2. The van der Waals surface area contributed by atoms with E-state index in [1.165, 1.54) is 154 Å². The Hall–Kier alpha value is -3.67. The summed E-state index contributed by atoms with van der Waals surface area (Å²) in [6.45, 7) is 6.48. The average molecular weight is 1060 g/mol. The van der Waals surface area contributed by atoms with Gasteiger partial charge in [-0.05, 0) is 122 Å². The fourth-order valence-corrected chi connectivity index (χ4v) is 8.97. The van der Waals surface area contributed by atoms with Crippen LogP contribution in [0, 0.1) is 0 Å². The molecule has 0 spiro atoms. The highest BCUT2D eigenvalue weighted by atomic mass is 16.6. The largest absolute Gasteiger partial charge is 0.462 e. The van der Waals surface area contributed by atoms with Gasteiger partial charge in [-0.15, -0.1) is 0 Å². The summed E-state index contributed by atoms with van der Waals surface area (Å²) < 4.78 is 16.9. The maximum absolute atomic E-state index is 12.9. The first-order valence-electron chi connectivity index (χ1n) is 32.2. The molecule has 0 bridgehead atoms. The molecule has 0 radical (unpaired) electrons. The lowest BCUT2D eigenvalue weighted by molar-refractivity contribution is -0.167. The van der Waals surface area contributed by atoms with Crippen molar-refractivity contribution >= 4 is 17.9 Å². The lowest BCUT2D eigenvalue weighted by Crippen LogP contribution is -2.30. The minimum atomic E-state index is -0.795. The molecule has 0 saturated heterocycles. The Bertz CT molecular complexity index is 1490. The Morgan fingerprint density at radius 3 is 0.842 bits per heavy atom. The molecule has 6 nitrogen and oxygen atoms in total. The van der Waals surface area contributed by atoms with Crippen LogP contribution in [0.3, 0.4) is 0 Å². The number of esters is 3. The Labute approximate surface area is 470 Å². The number of rotatable bonds is 58. The number of carbonyl (C=O) groups is 3. The van der Waals surface area contributed by atoms with Gasteiger partial charge in [-0.1, -0.05) is 266 Å². The zero-order valence-electron chi connectivity index (χ0n) is 50.0. The van der Waals surface area contributed by atoms with E-state index in [-0.39, 0.29) is 31.1 Å². The predicted octanol–water partition coefficient (Wildman–Crippen LogP) is 22.0. The lowest BCUT2D eigenvalue weighted by Gasteiger charge is -2.18. The molecule has 0 amide bonds. The molecule has 0 heterocycles. The van der Waals surface area contributed by atoms with Gasteiger partial charge in [0.15, 0.2) is 6.10 Å². The van der Waals surface area contributed by atoms with E-state index in [1.807, 2.05) is 0 Å². The first-order valence-corrected chi connectivity index (χ1v) is 32.2. The van der Waals surface area contributed by atoms with Crippen molar-refractivity contribution in [2.24, 2.45) is 0 Å². The summed E-state index contributed by atoms with van der Waals surface area (Å²) in [7, 11) is 0. The molecule has 0 N–H and O–H groups in total. The first-order chi connectivity index (χ1) is 37.5. The Morgan fingerprint density at radius 1 is 0.276 bits per heavy atom. The van der Waals surface area contributed by atoms with Crippen molar-refractivity contribution in [2.45, 2.75) is 316 Å². The van der Waals surface area contributed by atoms with Crippen molar-refractivity contribution in [1.29, 1.82) is 0 Å². The molecule has 0 aliphatic rings. The quantitative estimate of drug-likeness (QED) is 0.0261. The fraction of sp³-hybridized carbons (Fsp3) is 0.729. The van der Waals surface area contributed by atoms with Crippen LogP contribution in [0.5, 0.6) is 0 Å². The Morgan fingerprint density at radius 2 is 0.513 bits per heavy atom. The zero-order valence-corrected chi connectivity index (χ0v) is 50.0. The summed E-state index contributed by atoms with van der Waals surface area (Å²) in [6, 6.07) is 0. The summed E-state index contributed by atoms with van der Waals surface area (Å²) in [5.74, 6) is -0.916. The van der Waals surface area contributed by atoms with Gasteiger partial charge in [0.05, 0.1) is 0 Å². The van der Waals surface area contributed by atoms with E-state index in [2.05, 4.69) is 118 Å². The normalized spacial score (nSPS) is 12.7. The van der Waals surface area contributed by atoms with E-state index in [0.29, 0.717) is 19.3 Å². The Kier molecular flexibility index (Phi) is 60.8. The average Bonchev–Trinajstić information content (AvgIpc) is 3.42. The van der Waals surface area contributed by atoms with Gasteiger partial charge in [0, 0.05) is 19.3 Å². The van der Waals surface area contributed by atoms with Crippen molar-refractivity contribution in [3.8, 4) is 0 Å². The molecule has 0 aromatic heterocycles.